The van der Waals surface area contributed by atoms with Crippen LogP contribution in [0.2, 0.25) is 0 Å². The lowest BCUT2D eigenvalue weighted by atomic mass is 10.1. The standard InChI is InChI=1S/C13H20N2O3/c1-15(9-4-2-3-8-14)13(18)12-10(16)6-5-7-11(12)17/h5-7,16-17H,2-4,8-9,14H2,1H3. The fraction of sp³-hybridized carbons (Fsp3) is 0.462. The smallest absolute Gasteiger partial charge is 0.261 e. The molecule has 0 atom stereocenters. The largest absolute Gasteiger partial charge is 0.507 e. The molecule has 0 bridgehead atoms. The lowest BCUT2D eigenvalue weighted by molar-refractivity contribution is 0.0786. The number of nitrogens with zero attached hydrogens (tertiary/aromatic N) is 1. The average Bonchev–Trinajstić information content (AvgIpc) is 2.34. The Morgan fingerprint density at radius 1 is 1.22 bits per heavy atom. The molecular weight excluding hydrogens is 232 g/mol. The van der Waals surface area contributed by atoms with Gasteiger partial charge in [-0.1, -0.05) is 12.5 Å². The van der Waals surface area contributed by atoms with Crippen LogP contribution in [0.15, 0.2) is 18.2 Å². The first-order valence-electron chi connectivity index (χ1n) is 6.04. The molecule has 18 heavy (non-hydrogen) atoms. The molecule has 0 radical (unpaired) electrons. The highest BCUT2D eigenvalue weighted by Crippen LogP contribution is 2.27. The third-order valence-electron chi connectivity index (χ3n) is 2.78. The number of carbonyl (C=O) groups excluding carboxylic acids is 1. The van der Waals surface area contributed by atoms with Crippen LogP contribution in [0.4, 0.5) is 0 Å². The summed E-state index contributed by atoms with van der Waals surface area (Å²) >= 11 is 0. The van der Waals surface area contributed by atoms with Crippen LogP contribution >= 0.6 is 0 Å². The van der Waals surface area contributed by atoms with Crippen molar-refractivity contribution in [2.75, 3.05) is 20.1 Å². The van der Waals surface area contributed by atoms with Gasteiger partial charge in [-0.2, -0.15) is 0 Å². The van der Waals surface area contributed by atoms with Gasteiger partial charge in [-0.25, -0.2) is 0 Å². The van der Waals surface area contributed by atoms with Crippen LogP contribution in [0.5, 0.6) is 11.5 Å². The first kappa shape index (κ1) is 14.3. The Balaban J connectivity index is 2.63. The Kier molecular flexibility index (Phi) is 5.45. The predicted octanol–water partition coefficient (Wildman–Crippen LogP) is 1.30. The van der Waals surface area contributed by atoms with Crippen molar-refractivity contribution >= 4 is 5.91 Å². The van der Waals surface area contributed by atoms with E-state index in [1.807, 2.05) is 0 Å². The Morgan fingerprint density at radius 2 is 1.83 bits per heavy atom. The third kappa shape index (κ3) is 3.63. The highest BCUT2D eigenvalue weighted by Gasteiger charge is 2.19. The van der Waals surface area contributed by atoms with Gasteiger partial charge in [-0.3, -0.25) is 4.79 Å². The van der Waals surface area contributed by atoms with Gasteiger partial charge in [-0.05, 0) is 31.5 Å². The summed E-state index contributed by atoms with van der Waals surface area (Å²) in [5, 5.41) is 19.2. The van der Waals surface area contributed by atoms with Crippen molar-refractivity contribution in [1.82, 2.24) is 4.90 Å². The number of carbonyl (C=O) groups is 1. The highest BCUT2D eigenvalue weighted by molar-refractivity contribution is 5.99. The second kappa shape index (κ2) is 6.86. The number of benzene rings is 1. The van der Waals surface area contributed by atoms with Crippen molar-refractivity contribution in [3.63, 3.8) is 0 Å². The molecule has 0 aliphatic heterocycles. The summed E-state index contributed by atoms with van der Waals surface area (Å²) < 4.78 is 0. The number of hydrogen-bond donors (Lipinski definition) is 3. The van der Waals surface area contributed by atoms with Crippen molar-refractivity contribution in [3.05, 3.63) is 23.8 Å². The normalized spacial score (nSPS) is 10.3. The molecule has 0 saturated heterocycles. The van der Waals surface area contributed by atoms with Crippen LogP contribution in [-0.4, -0.2) is 41.2 Å². The van der Waals surface area contributed by atoms with E-state index in [-0.39, 0.29) is 23.0 Å². The molecule has 5 heteroatoms. The van der Waals surface area contributed by atoms with Gasteiger partial charge < -0.3 is 20.8 Å². The molecular formula is C13H20N2O3. The van der Waals surface area contributed by atoms with E-state index in [0.29, 0.717) is 13.1 Å². The minimum atomic E-state index is -0.377. The molecule has 1 aromatic rings. The second-order valence-electron chi connectivity index (χ2n) is 4.25. The Hall–Kier alpha value is -1.75. The van der Waals surface area contributed by atoms with E-state index in [1.165, 1.54) is 23.1 Å². The van der Waals surface area contributed by atoms with Gasteiger partial charge >= 0.3 is 0 Å². The molecule has 1 rings (SSSR count). The molecule has 0 heterocycles. The number of amides is 1. The topological polar surface area (TPSA) is 86.8 Å². The fourth-order valence-corrected chi connectivity index (χ4v) is 1.71. The summed E-state index contributed by atoms with van der Waals surface area (Å²) in [6.07, 6.45) is 2.75. The lowest BCUT2D eigenvalue weighted by Gasteiger charge is -2.18. The molecule has 0 fully saturated rings. The van der Waals surface area contributed by atoms with Gasteiger partial charge in [0.15, 0.2) is 0 Å². The van der Waals surface area contributed by atoms with E-state index in [0.717, 1.165) is 19.3 Å². The lowest BCUT2D eigenvalue weighted by Crippen LogP contribution is -2.28. The summed E-state index contributed by atoms with van der Waals surface area (Å²) in [6.45, 7) is 1.23. The minimum absolute atomic E-state index is 0.0428. The Morgan fingerprint density at radius 3 is 2.39 bits per heavy atom. The molecule has 0 unspecified atom stereocenters. The molecule has 0 saturated carbocycles. The number of hydrogen-bond acceptors (Lipinski definition) is 4. The number of aromatic hydroxyl groups is 2. The van der Waals surface area contributed by atoms with Gasteiger partial charge in [0.2, 0.25) is 0 Å². The molecule has 0 aromatic heterocycles. The number of phenols is 2. The average molecular weight is 252 g/mol. The molecule has 0 aliphatic rings. The Bertz CT molecular complexity index is 387. The van der Waals surface area contributed by atoms with Crippen LogP contribution in [0.3, 0.4) is 0 Å². The van der Waals surface area contributed by atoms with E-state index in [1.54, 1.807) is 7.05 Å². The van der Waals surface area contributed by atoms with Crippen molar-refractivity contribution in [2.24, 2.45) is 5.73 Å². The fourth-order valence-electron chi connectivity index (χ4n) is 1.71. The SMILES string of the molecule is CN(CCCCCN)C(=O)c1c(O)cccc1O. The molecule has 100 valence electrons. The minimum Gasteiger partial charge on any atom is -0.507 e. The Labute approximate surface area is 107 Å². The number of unbranched alkanes of at least 4 members (excludes halogenated alkanes) is 2. The van der Waals surface area contributed by atoms with E-state index in [4.69, 9.17) is 5.73 Å². The summed E-state index contributed by atoms with van der Waals surface area (Å²) in [5.41, 5.74) is 5.35. The van der Waals surface area contributed by atoms with Crippen LogP contribution < -0.4 is 5.73 Å². The highest BCUT2D eigenvalue weighted by atomic mass is 16.3. The predicted molar refractivity (Wildman–Crippen MR) is 69.6 cm³/mol. The van der Waals surface area contributed by atoms with Gasteiger partial charge in [-0.15, -0.1) is 0 Å². The van der Waals surface area contributed by atoms with Crippen LogP contribution in [0.1, 0.15) is 29.6 Å². The summed E-state index contributed by atoms with van der Waals surface area (Å²) in [5.74, 6) is -0.777. The maximum absolute atomic E-state index is 12.0. The number of phenolic OH excluding ortho intramolecular Hbond substituents is 2. The van der Waals surface area contributed by atoms with E-state index in [9.17, 15) is 15.0 Å². The van der Waals surface area contributed by atoms with Crippen molar-refractivity contribution in [2.45, 2.75) is 19.3 Å². The molecule has 5 nitrogen and oxygen atoms in total. The molecule has 0 aliphatic carbocycles. The van der Waals surface area contributed by atoms with E-state index >= 15 is 0 Å². The number of nitrogens with two attached hydrogens (primary N) is 1. The maximum Gasteiger partial charge on any atom is 0.261 e. The van der Waals surface area contributed by atoms with Crippen molar-refractivity contribution < 1.29 is 15.0 Å². The van der Waals surface area contributed by atoms with Gasteiger partial charge in [0.05, 0.1) is 0 Å². The zero-order valence-corrected chi connectivity index (χ0v) is 10.6. The van der Waals surface area contributed by atoms with Crippen LogP contribution in [0.25, 0.3) is 0 Å². The second-order valence-corrected chi connectivity index (χ2v) is 4.25. The number of rotatable bonds is 6. The molecule has 4 N–H and O–H groups in total. The summed E-state index contributed by atoms with van der Waals surface area (Å²) in [6, 6.07) is 4.26. The first-order valence-corrected chi connectivity index (χ1v) is 6.04. The van der Waals surface area contributed by atoms with Crippen molar-refractivity contribution in [1.29, 1.82) is 0 Å². The summed E-state index contributed by atoms with van der Waals surface area (Å²) in [4.78, 5) is 13.5. The monoisotopic (exact) mass is 252 g/mol. The van der Waals surface area contributed by atoms with E-state index < -0.39 is 0 Å². The maximum atomic E-state index is 12.0. The van der Waals surface area contributed by atoms with Gasteiger partial charge in [0, 0.05) is 13.6 Å². The van der Waals surface area contributed by atoms with Gasteiger partial charge in [0.25, 0.3) is 5.91 Å². The van der Waals surface area contributed by atoms with Crippen LogP contribution in [0, 0.1) is 0 Å². The third-order valence-corrected chi connectivity index (χ3v) is 2.78. The quantitative estimate of drug-likeness (QED) is 0.666. The molecule has 1 amide bonds. The first-order chi connectivity index (χ1) is 8.57. The van der Waals surface area contributed by atoms with Gasteiger partial charge in [0.1, 0.15) is 17.1 Å². The molecule has 0 spiro atoms. The van der Waals surface area contributed by atoms with Crippen LogP contribution in [-0.2, 0) is 0 Å². The van der Waals surface area contributed by atoms with Crippen molar-refractivity contribution in [3.8, 4) is 11.5 Å². The van der Waals surface area contributed by atoms with E-state index in [2.05, 4.69) is 0 Å². The molecule has 1 aromatic carbocycles. The zero-order valence-electron chi connectivity index (χ0n) is 10.6. The zero-order chi connectivity index (χ0) is 13.5. The summed E-state index contributed by atoms with van der Waals surface area (Å²) in [7, 11) is 1.65.